The minimum Gasteiger partial charge on any atom is -0.382 e. The number of nitrogens with one attached hydrogen (secondary N) is 1. The Labute approximate surface area is 93.2 Å². The van der Waals surface area contributed by atoms with Crippen LogP contribution in [0.1, 0.15) is 9.67 Å². The molecule has 1 heterocycles. The molecule has 1 rings (SSSR count). The Morgan fingerprint density at radius 3 is 2.93 bits per heavy atom. The summed E-state index contributed by atoms with van der Waals surface area (Å²) in [5, 5.41) is 4.66. The minimum atomic E-state index is -0.0982. The van der Waals surface area contributed by atoms with Gasteiger partial charge >= 0.3 is 0 Å². The van der Waals surface area contributed by atoms with E-state index in [1.165, 1.54) is 11.3 Å². The fourth-order valence-corrected chi connectivity index (χ4v) is 1.74. The predicted molar refractivity (Wildman–Crippen MR) is 59.3 cm³/mol. The summed E-state index contributed by atoms with van der Waals surface area (Å²) in [6, 6.07) is 3.64. The molecule has 4 nitrogen and oxygen atoms in total. The summed E-state index contributed by atoms with van der Waals surface area (Å²) in [7, 11) is 3.20. The topological polar surface area (TPSA) is 47.6 Å². The molecule has 0 spiro atoms. The fraction of sp³-hybridized carbons (Fsp3) is 0.500. The van der Waals surface area contributed by atoms with E-state index in [-0.39, 0.29) is 12.0 Å². The molecule has 84 valence electrons. The van der Waals surface area contributed by atoms with Gasteiger partial charge in [-0.25, -0.2) is 0 Å². The zero-order valence-corrected chi connectivity index (χ0v) is 9.67. The second kappa shape index (κ2) is 6.55. The second-order valence-corrected chi connectivity index (χ2v) is 3.95. The van der Waals surface area contributed by atoms with Gasteiger partial charge in [-0.3, -0.25) is 4.79 Å². The van der Waals surface area contributed by atoms with Gasteiger partial charge < -0.3 is 14.8 Å². The number of thiophene rings is 1. The molecule has 0 aromatic carbocycles. The Balaban J connectivity index is 2.33. The highest BCUT2D eigenvalue weighted by Gasteiger charge is 2.10. The highest BCUT2D eigenvalue weighted by atomic mass is 32.1. The van der Waals surface area contributed by atoms with Crippen molar-refractivity contribution in [1.29, 1.82) is 0 Å². The van der Waals surface area contributed by atoms with Gasteiger partial charge in [0.2, 0.25) is 0 Å². The van der Waals surface area contributed by atoms with Crippen LogP contribution in [0, 0.1) is 0 Å². The van der Waals surface area contributed by atoms with Crippen LogP contribution < -0.4 is 5.32 Å². The smallest absolute Gasteiger partial charge is 0.261 e. The third-order valence-electron chi connectivity index (χ3n) is 1.92. The molecular weight excluding hydrogens is 214 g/mol. The summed E-state index contributed by atoms with van der Waals surface area (Å²) < 4.78 is 10.1. The second-order valence-electron chi connectivity index (χ2n) is 3.00. The van der Waals surface area contributed by atoms with Crippen molar-refractivity contribution < 1.29 is 14.3 Å². The quantitative estimate of drug-likeness (QED) is 0.795. The van der Waals surface area contributed by atoms with Crippen molar-refractivity contribution in [2.75, 3.05) is 27.4 Å². The monoisotopic (exact) mass is 229 g/mol. The first-order valence-corrected chi connectivity index (χ1v) is 5.49. The molecule has 1 N–H and O–H groups in total. The molecule has 1 aromatic heterocycles. The number of ether oxygens (including phenoxy) is 2. The van der Waals surface area contributed by atoms with E-state index >= 15 is 0 Å². The summed E-state index contributed by atoms with van der Waals surface area (Å²) in [4.78, 5) is 12.2. The zero-order valence-electron chi connectivity index (χ0n) is 8.86. The molecule has 1 unspecified atom stereocenters. The standard InChI is InChI=1S/C10H15NO3S/c1-13-7-8(14-2)6-11-10(12)9-4-3-5-15-9/h3-5,8H,6-7H2,1-2H3,(H,11,12). The average molecular weight is 229 g/mol. The molecule has 5 heteroatoms. The Hall–Kier alpha value is -0.910. The van der Waals surface area contributed by atoms with Gasteiger partial charge in [-0.2, -0.15) is 0 Å². The van der Waals surface area contributed by atoms with Crippen molar-refractivity contribution in [3.05, 3.63) is 22.4 Å². The highest BCUT2D eigenvalue weighted by Crippen LogP contribution is 2.07. The third-order valence-corrected chi connectivity index (χ3v) is 2.79. The van der Waals surface area contributed by atoms with Crippen LogP contribution in [-0.4, -0.2) is 39.4 Å². The lowest BCUT2D eigenvalue weighted by Crippen LogP contribution is -2.35. The van der Waals surface area contributed by atoms with Crippen LogP contribution >= 0.6 is 11.3 Å². The largest absolute Gasteiger partial charge is 0.382 e. The van der Waals surface area contributed by atoms with Crippen LogP contribution in [0.15, 0.2) is 17.5 Å². The Kier molecular flexibility index (Phi) is 5.31. The minimum absolute atomic E-state index is 0.0665. The molecule has 0 bridgehead atoms. The van der Waals surface area contributed by atoms with Gasteiger partial charge in [0.25, 0.3) is 5.91 Å². The molecular formula is C10H15NO3S. The summed E-state index contributed by atoms with van der Waals surface area (Å²) in [5.74, 6) is -0.0665. The molecule has 0 saturated heterocycles. The maximum atomic E-state index is 11.5. The van der Waals surface area contributed by atoms with E-state index in [0.717, 1.165) is 0 Å². The maximum Gasteiger partial charge on any atom is 0.261 e. The molecule has 0 aliphatic carbocycles. The van der Waals surface area contributed by atoms with E-state index < -0.39 is 0 Å². The van der Waals surface area contributed by atoms with Crippen LogP contribution in [0.2, 0.25) is 0 Å². The average Bonchev–Trinajstić information content (AvgIpc) is 2.77. The van der Waals surface area contributed by atoms with Crippen LogP contribution in [0.4, 0.5) is 0 Å². The molecule has 1 atom stereocenters. The van der Waals surface area contributed by atoms with Gasteiger partial charge in [0.05, 0.1) is 17.6 Å². The summed E-state index contributed by atoms with van der Waals surface area (Å²) in [6.07, 6.45) is -0.0982. The van der Waals surface area contributed by atoms with Gasteiger partial charge in [-0.05, 0) is 11.4 Å². The van der Waals surface area contributed by atoms with Crippen LogP contribution in [0.5, 0.6) is 0 Å². The van der Waals surface area contributed by atoms with Crippen molar-refractivity contribution in [3.63, 3.8) is 0 Å². The van der Waals surface area contributed by atoms with Crippen molar-refractivity contribution in [1.82, 2.24) is 5.32 Å². The number of methoxy groups -OCH3 is 2. The van der Waals surface area contributed by atoms with Crippen molar-refractivity contribution >= 4 is 17.2 Å². The van der Waals surface area contributed by atoms with Gasteiger partial charge in [-0.1, -0.05) is 6.07 Å². The molecule has 0 radical (unpaired) electrons. The van der Waals surface area contributed by atoms with E-state index in [4.69, 9.17) is 9.47 Å². The zero-order chi connectivity index (χ0) is 11.1. The predicted octanol–water partition coefficient (Wildman–Crippen LogP) is 1.14. The molecule has 0 saturated carbocycles. The first-order valence-electron chi connectivity index (χ1n) is 4.61. The number of hydrogen-bond donors (Lipinski definition) is 1. The SMILES string of the molecule is COCC(CNC(=O)c1cccs1)OC. The normalized spacial score (nSPS) is 12.4. The first kappa shape index (κ1) is 12.2. The van der Waals surface area contributed by atoms with Gasteiger partial charge in [0.1, 0.15) is 0 Å². The van der Waals surface area contributed by atoms with E-state index in [1.807, 2.05) is 11.4 Å². The lowest BCUT2D eigenvalue weighted by Gasteiger charge is -2.14. The fourth-order valence-electron chi connectivity index (χ4n) is 1.10. The number of carbonyl (C=O) groups excluding carboxylic acids is 1. The van der Waals surface area contributed by atoms with E-state index in [9.17, 15) is 4.79 Å². The number of carbonyl (C=O) groups is 1. The van der Waals surface area contributed by atoms with Crippen LogP contribution in [0.25, 0.3) is 0 Å². The van der Waals surface area contributed by atoms with Crippen LogP contribution in [0.3, 0.4) is 0 Å². The number of rotatable bonds is 6. The van der Waals surface area contributed by atoms with E-state index in [1.54, 1.807) is 20.3 Å². The lowest BCUT2D eigenvalue weighted by molar-refractivity contribution is 0.0286. The van der Waals surface area contributed by atoms with Crippen molar-refractivity contribution in [2.45, 2.75) is 6.10 Å². The summed E-state index contributed by atoms with van der Waals surface area (Å²) >= 11 is 1.42. The molecule has 1 aromatic rings. The summed E-state index contributed by atoms with van der Waals surface area (Å²) in [6.45, 7) is 0.933. The van der Waals surface area contributed by atoms with Gasteiger partial charge in [0, 0.05) is 20.8 Å². The Bertz CT molecular complexity index is 287. The van der Waals surface area contributed by atoms with Gasteiger partial charge in [-0.15, -0.1) is 11.3 Å². The Morgan fingerprint density at radius 2 is 2.40 bits per heavy atom. The number of amides is 1. The first-order chi connectivity index (χ1) is 7.27. The molecule has 15 heavy (non-hydrogen) atoms. The number of hydrogen-bond acceptors (Lipinski definition) is 4. The maximum absolute atomic E-state index is 11.5. The van der Waals surface area contributed by atoms with E-state index in [2.05, 4.69) is 5.32 Å². The molecule has 1 amide bonds. The van der Waals surface area contributed by atoms with Crippen molar-refractivity contribution in [3.8, 4) is 0 Å². The molecule has 0 fully saturated rings. The third kappa shape index (κ3) is 3.99. The lowest BCUT2D eigenvalue weighted by atomic mass is 10.3. The molecule has 0 aliphatic rings. The highest BCUT2D eigenvalue weighted by molar-refractivity contribution is 7.12. The molecule has 0 aliphatic heterocycles. The van der Waals surface area contributed by atoms with Gasteiger partial charge in [0.15, 0.2) is 0 Å². The summed E-state index contributed by atoms with van der Waals surface area (Å²) in [5.41, 5.74) is 0. The van der Waals surface area contributed by atoms with Crippen molar-refractivity contribution in [2.24, 2.45) is 0 Å². The Morgan fingerprint density at radius 1 is 1.60 bits per heavy atom. The van der Waals surface area contributed by atoms with Crippen LogP contribution in [-0.2, 0) is 9.47 Å². The van der Waals surface area contributed by atoms with E-state index in [0.29, 0.717) is 18.0 Å².